The summed E-state index contributed by atoms with van der Waals surface area (Å²) in [6, 6.07) is 0.0303. The van der Waals surface area contributed by atoms with E-state index in [4.69, 9.17) is 5.73 Å². The summed E-state index contributed by atoms with van der Waals surface area (Å²) in [6.07, 6.45) is 1.81. The van der Waals surface area contributed by atoms with Crippen LogP contribution in [0.4, 0.5) is 0 Å². The molecule has 1 atom stereocenters. The van der Waals surface area contributed by atoms with Crippen LogP contribution in [0.2, 0.25) is 0 Å². The van der Waals surface area contributed by atoms with Gasteiger partial charge in [0, 0.05) is 24.4 Å². The quantitative estimate of drug-likeness (QED) is 0.788. The molecule has 1 rings (SSSR count). The Bertz CT molecular complexity index is 411. The van der Waals surface area contributed by atoms with Crippen molar-refractivity contribution in [1.82, 2.24) is 10.3 Å². The summed E-state index contributed by atoms with van der Waals surface area (Å²) in [5.74, 6) is 0.961. The van der Waals surface area contributed by atoms with Crippen LogP contribution in [0.3, 0.4) is 0 Å². The van der Waals surface area contributed by atoms with E-state index >= 15 is 0 Å². The fraction of sp³-hybridized carbons (Fsp3) is 0.714. The molecule has 0 radical (unpaired) electrons. The van der Waals surface area contributed by atoms with Crippen molar-refractivity contribution in [2.45, 2.75) is 46.6 Å². The van der Waals surface area contributed by atoms with E-state index in [2.05, 4.69) is 38.0 Å². The SMILES string of the molecule is CC(C)Cc1nc(C(=O)NC(CN)CC(C)C)cs1.Cl.Cl. The van der Waals surface area contributed by atoms with Crippen LogP contribution in [0.5, 0.6) is 0 Å². The second-order valence-corrected chi connectivity index (χ2v) is 6.70. The van der Waals surface area contributed by atoms with Gasteiger partial charge in [0.05, 0.1) is 5.01 Å². The molecule has 0 saturated heterocycles. The summed E-state index contributed by atoms with van der Waals surface area (Å²) in [4.78, 5) is 16.5. The predicted octanol–water partition coefficient (Wildman–Crippen LogP) is 3.29. The Hall–Kier alpha value is -0.360. The predicted molar refractivity (Wildman–Crippen MR) is 94.9 cm³/mol. The van der Waals surface area contributed by atoms with Crippen LogP contribution in [0.15, 0.2) is 5.38 Å². The molecule has 1 aromatic rings. The van der Waals surface area contributed by atoms with E-state index in [1.165, 1.54) is 0 Å². The lowest BCUT2D eigenvalue weighted by Gasteiger charge is -2.18. The van der Waals surface area contributed by atoms with E-state index in [1.807, 2.05) is 5.38 Å². The Balaban J connectivity index is 0. The van der Waals surface area contributed by atoms with Gasteiger partial charge in [-0.1, -0.05) is 27.7 Å². The summed E-state index contributed by atoms with van der Waals surface area (Å²) in [6.45, 7) is 9.01. The van der Waals surface area contributed by atoms with Gasteiger partial charge in [-0.25, -0.2) is 4.98 Å². The molecule has 1 amide bonds. The third-order valence-corrected chi connectivity index (χ3v) is 3.61. The minimum Gasteiger partial charge on any atom is -0.347 e. The van der Waals surface area contributed by atoms with Crippen molar-refractivity contribution in [1.29, 1.82) is 0 Å². The first-order valence-electron chi connectivity index (χ1n) is 6.87. The monoisotopic (exact) mass is 355 g/mol. The van der Waals surface area contributed by atoms with Crippen molar-refractivity contribution in [2.24, 2.45) is 17.6 Å². The number of hydrogen-bond acceptors (Lipinski definition) is 4. The van der Waals surface area contributed by atoms with Gasteiger partial charge in [0.25, 0.3) is 5.91 Å². The highest BCUT2D eigenvalue weighted by Crippen LogP contribution is 2.14. The van der Waals surface area contributed by atoms with Crippen molar-refractivity contribution < 1.29 is 4.79 Å². The molecule has 0 aliphatic rings. The highest BCUT2D eigenvalue weighted by atomic mass is 35.5. The minimum absolute atomic E-state index is 0. The first kappa shape index (κ1) is 22.9. The normalized spacial score (nSPS) is 11.8. The number of carbonyl (C=O) groups excluding carboxylic acids is 1. The molecule has 1 heterocycles. The van der Waals surface area contributed by atoms with Crippen molar-refractivity contribution in [3.05, 3.63) is 16.1 Å². The van der Waals surface area contributed by atoms with Crippen molar-refractivity contribution in [3.63, 3.8) is 0 Å². The number of hydrogen-bond donors (Lipinski definition) is 2. The average molecular weight is 356 g/mol. The van der Waals surface area contributed by atoms with Gasteiger partial charge in [0.15, 0.2) is 0 Å². The molecule has 1 aromatic heterocycles. The van der Waals surface area contributed by atoms with Gasteiger partial charge in [-0.3, -0.25) is 4.79 Å². The number of aromatic nitrogens is 1. The summed E-state index contributed by atoms with van der Waals surface area (Å²) >= 11 is 1.55. The van der Waals surface area contributed by atoms with Gasteiger partial charge < -0.3 is 11.1 Å². The van der Waals surface area contributed by atoms with E-state index < -0.39 is 0 Å². The van der Waals surface area contributed by atoms with Gasteiger partial charge in [-0.2, -0.15) is 0 Å². The largest absolute Gasteiger partial charge is 0.347 e. The van der Waals surface area contributed by atoms with Crippen molar-refractivity contribution in [3.8, 4) is 0 Å². The van der Waals surface area contributed by atoms with Crippen LogP contribution in [0.25, 0.3) is 0 Å². The minimum atomic E-state index is -0.109. The van der Waals surface area contributed by atoms with E-state index in [1.54, 1.807) is 11.3 Å². The van der Waals surface area contributed by atoms with Crippen molar-refractivity contribution >= 4 is 42.1 Å². The lowest BCUT2D eigenvalue weighted by Crippen LogP contribution is -2.41. The summed E-state index contributed by atoms with van der Waals surface area (Å²) in [7, 11) is 0. The Morgan fingerprint density at radius 3 is 2.38 bits per heavy atom. The molecule has 0 bridgehead atoms. The van der Waals surface area contributed by atoms with Gasteiger partial charge in [0.2, 0.25) is 0 Å². The number of halogens is 2. The molecule has 0 aromatic carbocycles. The maximum Gasteiger partial charge on any atom is 0.271 e. The smallest absolute Gasteiger partial charge is 0.271 e. The first-order valence-corrected chi connectivity index (χ1v) is 7.75. The molecule has 21 heavy (non-hydrogen) atoms. The number of nitrogens with two attached hydrogens (primary N) is 1. The van der Waals surface area contributed by atoms with Crippen LogP contribution in [0.1, 0.15) is 49.6 Å². The van der Waals surface area contributed by atoms with Crippen LogP contribution in [0, 0.1) is 11.8 Å². The molecule has 0 aliphatic carbocycles. The van der Waals surface area contributed by atoms with E-state index in [0.717, 1.165) is 17.8 Å². The molecule has 124 valence electrons. The van der Waals surface area contributed by atoms with Gasteiger partial charge in [-0.05, 0) is 18.3 Å². The van der Waals surface area contributed by atoms with E-state index in [0.29, 0.717) is 24.1 Å². The van der Waals surface area contributed by atoms with Crippen LogP contribution < -0.4 is 11.1 Å². The highest BCUT2D eigenvalue weighted by molar-refractivity contribution is 7.09. The maximum absolute atomic E-state index is 12.1. The summed E-state index contributed by atoms with van der Waals surface area (Å²) in [5.41, 5.74) is 6.20. The standard InChI is InChI=1S/C14H25N3OS.2ClH/c1-9(2)5-11(7-15)16-14(18)12-8-19-13(17-12)6-10(3)4;;/h8-11H,5-7,15H2,1-4H3,(H,16,18);2*1H. The van der Waals surface area contributed by atoms with Gasteiger partial charge in [0.1, 0.15) is 5.69 Å². The number of rotatable bonds is 7. The molecular formula is C14H27Cl2N3OS. The van der Waals surface area contributed by atoms with Crippen LogP contribution in [-0.4, -0.2) is 23.5 Å². The molecule has 0 saturated carbocycles. The molecular weight excluding hydrogens is 329 g/mol. The zero-order valence-electron chi connectivity index (χ0n) is 13.1. The Morgan fingerprint density at radius 1 is 1.29 bits per heavy atom. The molecule has 0 spiro atoms. The lowest BCUT2D eigenvalue weighted by molar-refractivity contribution is 0.0929. The molecule has 7 heteroatoms. The topological polar surface area (TPSA) is 68.0 Å². The number of carbonyl (C=O) groups is 1. The fourth-order valence-corrected chi connectivity index (χ4v) is 2.89. The van der Waals surface area contributed by atoms with Crippen LogP contribution >= 0.6 is 36.2 Å². The first-order chi connectivity index (χ1) is 8.92. The third-order valence-electron chi connectivity index (χ3n) is 2.74. The Kier molecular flexibility index (Phi) is 12.3. The Labute approximate surface area is 144 Å². The maximum atomic E-state index is 12.1. The van der Waals surface area contributed by atoms with Gasteiger partial charge >= 0.3 is 0 Å². The molecule has 3 N–H and O–H groups in total. The number of nitrogens with one attached hydrogen (secondary N) is 1. The second-order valence-electron chi connectivity index (χ2n) is 5.76. The number of amides is 1. The fourth-order valence-electron chi connectivity index (χ4n) is 1.90. The zero-order chi connectivity index (χ0) is 14.4. The summed E-state index contributed by atoms with van der Waals surface area (Å²) in [5, 5.41) is 5.81. The molecule has 0 aliphatic heterocycles. The number of thiazole rings is 1. The molecule has 0 fully saturated rings. The van der Waals surface area contributed by atoms with Crippen molar-refractivity contribution in [2.75, 3.05) is 6.54 Å². The second kappa shape index (κ2) is 11.2. The van der Waals surface area contributed by atoms with Gasteiger partial charge in [-0.15, -0.1) is 36.2 Å². The third kappa shape index (κ3) is 8.61. The number of nitrogens with zero attached hydrogens (tertiary/aromatic N) is 1. The summed E-state index contributed by atoms with van der Waals surface area (Å²) < 4.78 is 0. The highest BCUT2D eigenvalue weighted by Gasteiger charge is 2.16. The molecule has 4 nitrogen and oxygen atoms in total. The lowest BCUT2D eigenvalue weighted by atomic mass is 10.0. The molecule has 1 unspecified atom stereocenters. The Morgan fingerprint density at radius 2 is 1.90 bits per heavy atom. The van der Waals surface area contributed by atoms with Crippen LogP contribution in [-0.2, 0) is 6.42 Å². The van der Waals surface area contributed by atoms with E-state index in [-0.39, 0.29) is 36.8 Å². The van der Waals surface area contributed by atoms with E-state index in [9.17, 15) is 4.79 Å². The average Bonchev–Trinajstić information content (AvgIpc) is 2.75. The zero-order valence-corrected chi connectivity index (χ0v) is 15.5.